The van der Waals surface area contributed by atoms with Crippen molar-refractivity contribution in [1.82, 2.24) is 24.4 Å². The van der Waals surface area contributed by atoms with Crippen LogP contribution in [0.15, 0.2) is 24.9 Å². The van der Waals surface area contributed by atoms with Crippen LogP contribution >= 0.6 is 0 Å². The molecular formula is C15H19N5O. The largest absolute Gasteiger partial charge is 0.336 e. The highest BCUT2D eigenvalue weighted by molar-refractivity contribution is 5.94. The normalized spacial score (nSPS) is 18.8. The minimum Gasteiger partial charge on any atom is -0.336 e. The first-order valence-corrected chi connectivity index (χ1v) is 7.22. The SMILES string of the molecule is Cc1ncncc1C(=O)N1CCC[C@H](n2ccnc2C)C1. The number of piperidine rings is 1. The summed E-state index contributed by atoms with van der Waals surface area (Å²) in [6.07, 6.45) is 8.96. The van der Waals surface area contributed by atoms with Gasteiger partial charge < -0.3 is 9.47 Å². The third-order valence-corrected chi connectivity index (χ3v) is 4.08. The van der Waals surface area contributed by atoms with Gasteiger partial charge in [0.2, 0.25) is 0 Å². The molecule has 6 heteroatoms. The molecule has 2 aromatic heterocycles. The number of nitrogens with zero attached hydrogens (tertiary/aromatic N) is 5. The lowest BCUT2D eigenvalue weighted by atomic mass is 10.0. The molecule has 3 heterocycles. The average Bonchev–Trinajstić information content (AvgIpc) is 2.93. The lowest BCUT2D eigenvalue weighted by molar-refractivity contribution is 0.0676. The highest BCUT2D eigenvalue weighted by atomic mass is 16.2. The fraction of sp³-hybridized carbons (Fsp3) is 0.467. The van der Waals surface area contributed by atoms with Crippen molar-refractivity contribution < 1.29 is 4.79 Å². The monoisotopic (exact) mass is 285 g/mol. The number of aromatic nitrogens is 4. The van der Waals surface area contributed by atoms with Crippen LogP contribution in [0.1, 0.15) is 40.8 Å². The molecule has 0 unspecified atom stereocenters. The molecule has 21 heavy (non-hydrogen) atoms. The molecule has 0 N–H and O–H groups in total. The lowest BCUT2D eigenvalue weighted by Gasteiger charge is -2.34. The third kappa shape index (κ3) is 2.66. The number of amides is 1. The van der Waals surface area contributed by atoms with E-state index in [1.165, 1.54) is 6.33 Å². The number of hydrogen-bond donors (Lipinski definition) is 0. The first-order chi connectivity index (χ1) is 10.2. The number of carbonyl (C=O) groups excluding carboxylic acids is 1. The van der Waals surface area contributed by atoms with Crippen LogP contribution in [0, 0.1) is 13.8 Å². The van der Waals surface area contributed by atoms with Crippen LogP contribution in [0.2, 0.25) is 0 Å². The molecule has 1 aliphatic rings. The summed E-state index contributed by atoms with van der Waals surface area (Å²) in [5, 5.41) is 0. The topological polar surface area (TPSA) is 63.9 Å². The van der Waals surface area contributed by atoms with Gasteiger partial charge >= 0.3 is 0 Å². The molecular weight excluding hydrogens is 266 g/mol. The van der Waals surface area contributed by atoms with E-state index in [9.17, 15) is 4.79 Å². The number of hydrogen-bond acceptors (Lipinski definition) is 4. The first kappa shape index (κ1) is 13.7. The summed E-state index contributed by atoms with van der Waals surface area (Å²) in [7, 11) is 0. The van der Waals surface area contributed by atoms with Gasteiger partial charge in [0.05, 0.1) is 17.3 Å². The molecule has 0 aliphatic carbocycles. The van der Waals surface area contributed by atoms with Crippen molar-refractivity contribution in [3.63, 3.8) is 0 Å². The summed E-state index contributed by atoms with van der Waals surface area (Å²) in [5.74, 6) is 1.02. The minimum absolute atomic E-state index is 0.0237. The van der Waals surface area contributed by atoms with Gasteiger partial charge in [0.1, 0.15) is 12.2 Å². The lowest BCUT2D eigenvalue weighted by Crippen LogP contribution is -2.41. The van der Waals surface area contributed by atoms with Crippen LogP contribution in [0.3, 0.4) is 0 Å². The van der Waals surface area contributed by atoms with Crippen LogP contribution in [0.4, 0.5) is 0 Å². The van der Waals surface area contributed by atoms with E-state index in [0.29, 0.717) is 18.2 Å². The summed E-state index contributed by atoms with van der Waals surface area (Å²) >= 11 is 0. The van der Waals surface area contributed by atoms with Crippen LogP contribution in [0.5, 0.6) is 0 Å². The summed E-state index contributed by atoms with van der Waals surface area (Å²) in [5.41, 5.74) is 1.33. The Morgan fingerprint density at radius 1 is 1.33 bits per heavy atom. The molecule has 1 atom stereocenters. The molecule has 1 saturated heterocycles. The summed E-state index contributed by atoms with van der Waals surface area (Å²) < 4.78 is 2.16. The van der Waals surface area contributed by atoms with Crippen LogP contribution < -0.4 is 0 Å². The molecule has 0 bridgehead atoms. The maximum Gasteiger partial charge on any atom is 0.257 e. The van der Waals surface area contributed by atoms with Crippen LogP contribution in [-0.4, -0.2) is 43.4 Å². The number of carbonyl (C=O) groups is 1. The maximum atomic E-state index is 12.6. The molecule has 0 saturated carbocycles. The zero-order chi connectivity index (χ0) is 14.8. The first-order valence-electron chi connectivity index (χ1n) is 7.22. The predicted molar refractivity (Wildman–Crippen MR) is 77.9 cm³/mol. The molecule has 110 valence electrons. The van der Waals surface area contributed by atoms with Gasteiger partial charge in [-0.3, -0.25) is 4.79 Å². The van der Waals surface area contributed by atoms with Gasteiger partial charge in [-0.25, -0.2) is 15.0 Å². The molecule has 0 radical (unpaired) electrons. The van der Waals surface area contributed by atoms with E-state index < -0.39 is 0 Å². The van der Waals surface area contributed by atoms with Gasteiger partial charge in [0, 0.05) is 31.7 Å². The smallest absolute Gasteiger partial charge is 0.257 e. The van der Waals surface area contributed by atoms with E-state index in [2.05, 4.69) is 19.5 Å². The highest BCUT2D eigenvalue weighted by Gasteiger charge is 2.27. The molecule has 1 amide bonds. The van der Waals surface area contributed by atoms with Crippen molar-refractivity contribution in [2.75, 3.05) is 13.1 Å². The Morgan fingerprint density at radius 3 is 2.90 bits per heavy atom. The molecule has 1 fully saturated rings. The van der Waals surface area contributed by atoms with Gasteiger partial charge in [-0.15, -0.1) is 0 Å². The summed E-state index contributed by atoms with van der Waals surface area (Å²) in [6, 6.07) is 0.301. The van der Waals surface area contributed by atoms with Crippen molar-refractivity contribution in [3.8, 4) is 0 Å². The number of imidazole rings is 1. The van der Waals surface area contributed by atoms with Crippen molar-refractivity contribution >= 4 is 5.91 Å². The Morgan fingerprint density at radius 2 is 2.19 bits per heavy atom. The fourth-order valence-corrected chi connectivity index (χ4v) is 2.91. The minimum atomic E-state index is 0.0237. The van der Waals surface area contributed by atoms with Crippen molar-refractivity contribution in [3.05, 3.63) is 42.0 Å². The van der Waals surface area contributed by atoms with Gasteiger partial charge in [-0.05, 0) is 26.7 Å². The standard InChI is InChI=1S/C15H19N5O/c1-11-14(8-16-10-18-11)15(21)19-6-3-4-13(9-19)20-7-5-17-12(20)2/h5,7-8,10,13H,3-4,6,9H2,1-2H3/t13-/m0/s1. The van der Waals surface area contributed by atoms with Crippen LogP contribution in [0.25, 0.3) is 0 Å². The Labute approximate surface area is 123 Å². The van der Waals surface area contributed by atoms with E-state index in [1.54, 1.807) is 6.20 Å². The second-order valence-electron chi connectivity index (χ2n) is 5.45. The third-order valence-electron chi connectivity index (χ3n) is 4.08. The van der Waals surface area contributed by atoms with E-state index in [0.717, 1.165) is 30.9 Å². The molecule has 0 spiro atoms. The second kappa shape index (κ2) is 5.63. The van der Waals surface area contributed by atoms with Gasteiger partial charge in [0.25, 0.3) is 5.91 Å². The summed E-state index contributed by atoms with van der Waals surface area (Å²) in [6.45, 7) is 5.34. The zero-order valence-corrected chi connectivity index (χ0v) is 12.4. The quantitative estimate of drug-likeness (QED) is 0.843. The van der Waals surface area contributed by atoms with Crippen molar-refractivity contribution in [1.29, 1.82) is 0 Å². The van der Waals surface area contributed by atoms with E-state index in [-0.39, 0.29) is 5.91 Å². The highest BCUT2D eigenvalue weighted by Crippen LogP contribution is 2.24. The van der Waals surface area contributed by atoms with Gasteiger partial charge in [-0.1, -0.05) is 0 Å². The Bertz CT molecular complexity index is 651. The molecule has 2 aromatic rings. The molecule has 1 aliphatic heterocycles. The van der Waals surface area contributed by atoms with Crippen molar-refractivity contribution in [2.24, 2.45) is 0 Å². The average molecular weight is 285 g/mol. The Hall–Kier alpha value is -2.24. The number of rotatable bonds is 2. The predicted octanol–water partition coefficient (Wildman–Crippen LogP) is 1.77. The van der Waals surface area contributed by atoms with Crippen molar-refractivity contribution in [2.45, 2.75) is 32.7 Å². The van der Waals surface area contributed by atoms with Gasteiger partial charge in [-0.2, -0.15) is 0 Å². The molecule has 3 rings (SSSR count). The molecule has 0 aromatic carbocycles. The van der Waals surface area contributed by atoms with E-state index in [4.69, 9.17) is 0 Å². The fourth-order valence-electron chi connectivity index (χ4n) is 2.91. The molecule has 6 nitrogen and oxygen atoms in total. The Balaban J connectivity index is 1.79. The van der Waals surface area contributed by atoms with E-state index in [1.807, 2.05) is 31.1 Å². The zero-order valence-electron chi connectivity index (χ0n) is 12.4. The number of likely N-dealkylation sites (tertiary alicyclic amines) is 1. The van der Waals surface area contributed by atoms with Crippen LogP contribution in [-0.2, 0) is 0 Å². The maximum absolute atomic E-state index is 12.6. The van der Waals surface area contributed by atoms with E-state index >= 15 is 0 Å². The second-order valence-corrected chi connectivity index (χ2v) is 5.45. The Kier molecular flexibility index (Phi) is 3.68. The summed E-state index contributed by atoms with van der Waals surface area (Å²) in [4.78, 5) is 26.9. The number of aryl methyl sites for hydroxylation is 2. The van der Waals surface area contributed by atoms with Gasteiger partial charge in [0.15, 0.2) is 0 Å².